The molecular formula is C20H22I2N6O3S2. The van der Waals surface area contributed by atoms with E-state index in [9.17, 15) is 0 Å². The first-order valence-corrected chi connectivity index (χ1v) is 11.1. The minimum atomic E-state index is 0. The van der Waals surface area contributed by atoms with E-state index < -0.39 is 0 Å². The molecule has 0 radical (unpaired) electrons. The summed E-state index contributed by atoms with van der Waals surface area (Å²) in [7, 11) is 3.93. The summed E-state index contributed by atoms with van der Waals surface area (Å²) in [6.45, 7) is 1.59. The average Bonchev–Trinajstić information content (AvgIpc) is 3.42. The van der Waals surface area contributed by atoms with Crippen molar-refractivity contribution < 1.29 is 71.3 Å². The highest BCUT2D eigenvalue weighted by atomic mass is 127. The number of hydrogen-bond acceptors (Lipinski definition) is 9. The fourth-order valence-electron chi connectivity index (χ4n) is 2.86. The Balaban J connectivity index is 0.00000193. The van der Waals surface area contributed by atoms with E-state index in [-0.39, 0.29) is 48.0 Å². The van der Waals surface area contributed by atoms with Crippen molar-refractivity contribution in [1.82, 2.24) is 17.5 Å². The number of nitrogens with zero attached hydrogens (tertiary/aromatic N) is 6. The molecule has 13 heteroatoms. The summed E-state index contributed by atoms with van der Waals surface area (Å²) >= 11 is 2.26. The van der Waals surface area contributed by atoms with Gasteiger partial charge in [0.05, 0.1) is 47.8 Å². The van der Waals surface area contributed by atoms with Gasteiger partial charge in [-0.2, -0.15) is 8.75 Å². The van der Waals surface area contributed by atoms with Crippen molar-refractivity contribution >= 4 is 23.5 Å². The third kappa shape index (κ3) is 7.73. The largest absolute Gasteiger partial charge is 1.00 e. The third-order valence-electron chi connectivity index (χ3n) is 4.28. The molecule has 0 aromatic carbocycles. The summed E-state index contributed by atoms with van der Waals surface area (Å²) in [4.78, 5) is 0. The summed E-state index contributed by atoms with van der Waals surface area (Å²) in [5, 5.41) is 0. The first-order valence-electron chi connectivity index (χ1n) is 9.60. The molecule has 0 aliphatic rings. The van der Waals surface area contributed by atoms with Crippen molar-refractivity contribution in [3.05, 3.63) is 49.1 Å². The van der Waals surface area contributed by atoms with Gasteiger partial charge in [0.25, 0.3) is 11.8 Å². The maximum atomic E-state index is 5.75. The normalized spacial score (nSPS) is 10.2. The zero-order valence-corrected chi connectivity index (χ0v) is 23.9. The van der Waals surface area contributed by atoms with Crippen LogP contribution < -0.4 is 66.6 Å². The zero-order chi connectivity index (χ0) is 21.5. The fraction of sp³-hybridized carbons (Fsp3) is 0.300. The van der Waals surface area contributed by atoms with E-state index in [1.54, 1.807) is 0 Å². The van der Waals surface area contributed by atoms with Gasteiger partial charge in [-0.1, -0.05) is 0 Å². The summed E-state index contributed by atoms with van der Waals surface area (Å²) in [5.74, 6) is 1.04. The molecular weight excluding hydrogens is 690 g/mol. The van der Waals surface area contributed by atoms with E-state index in [0.717, 1.165) is 46.0 Å². The lowest BCUT2D eigenvalue weighted by atomic mass is 10.2. The number of pyridine rings is 2. The molecule has 0 unspecified atom stereocenters. The molecule has 0 aliphatic heterocycles. The van der Waals surface area contributed by atoms with Crippen LogP contribution in [0, 0.1) is 0 Å². The van der Waals surface area contributed by atoms with Crippen LogP contribution in [0.4, 0.5) is 0 Å². The molecule has 0 amide bonds. The highest BCUT2D eigenvalue weighted by molar-refractivity contribution is 6.99. The fourth-order valence-corrected chi connectivity index (χ4v) is 3.89. The van der Waals surface area contributed by atoms with E-state index in [4.69, 9.17) is 14.2 Å². The average molecular weight is 712 g/mol. The Labute approximate surface area is 234 Å². The molecule has 4 rings (SSSR count). The van der Waals surface area contributed by atoms with E-state index in [0.29, 0.717) is 38.2 Å². The number of halogens is 2. The second kappa shape index (κ2) is 14.0. The van der Waals surface area contributed by atoms with Crippen LogP contribution in [0.25, 0.3) is 22.5 Å². The molecule has 9 nitrogen and oxygen atoms in total. The van der Waals surface area contributed by atoms with Crippen LogP contribution in [0.5, 0.6) is 11.8 Å². The molecule has 0 atom stereocenters. The van der Waals surface area contributed by atoms with Crippen molar-refractivity contribution in [2.24, 2.45) is 14.1 Å². The van der Waals surface area contributed by atoms with E-state index in [1.165, 1.54) is 0 Å². The van der Waals surface area contributed by atoms with Gasteiger partial charge in [0, 0.05) is 12.1 Å². The number of aromatic nitrogens is 6. The van der Waals surface area contributed by atoms with Gasteiger partial charge in [-0.05, 0) is 12.1 Å². The van der Waals surface area contributed by atoms with Gasteiger partial charge in [0.15, 0.2) is 36.2 Å². The van der Waals surface area contributed by atoms with Gasteiger partial charge < -0.3 is 62.2 Å². The lowest BCUT2D eigenvalue weighted by molar-refractivity contribution is -0.671. The number of hydrogen-bond donors (Lipinski definition) is 0. The predicted octanol–water partition coefficient (Wildman–Crippen LogP) is -4.14. The van der Waals surface area contributed by atoms with Gasteiger partial charge in [0.1, 0.15) is 27.3 Å². The standard InChI is InChI=1S/C20H22N6O3S2.2HI/c1-25-7-3-5-15(13-25)17-19(23-30-21-17)28-11-9-27-10-12-29-20-18(22-31-24-20)16-6-4-8-26(2)14-16;;/h3-8,13-14H,9-12H2,1-2H3;2*1H/q+2;;/p-2. The van der Waals surface area contributed by atoms with Crippen LogP contribution >= 0.6 is 23.5 Å². The Kier molecular flexibility index (Phi) is 11.7. The lowest BCUT2D eigenvalue weighted by Crippen LogP contribution is -3.00. The molecule has 0 fully saturated rings. The molecule has 4 aromatic rings. The van der Waals surface area contributed by atoms with Crippen LogP contribution in [0.3, 0.4) is 0 Å². The van der Waals surface area contributed by atoms with Gasteiger partial charge in [-0.3, -0.25) is 0 Å². The van der Waals surface area contributed by atoms with Gasteiger partial charge in [0.2, 0.25) is 0 Å². The van der Waals surface area contributed by atoms with Crippen molar-refractivity contribution in [3.63, 3.8) is 0 Å². The molecule has 0 spiro atoms. The monoisotopic (exact) mass is 712 g/mol. The Morgan fingerprint density at radius 2 is 1.15 bits per heavy atom. The number of ether oxygens (including phenoxy) is 3. The molecule has 176 valence electrons. The second-order valence-corrected chi connectivity index (χ2v) is 7.72. The molecule has 0 saturated heterocycles. The van der Waals surface area contributed by atoms with Crippen molar-refractivity contribution in [3.8, 4) is 34.3 Å². The van der Waals surface area contributed by atoms with Crippen molar-refractivity contribution in [1.29, 1.82) is 0 Å². The summed E-state index contributed by atoms with van der Waals surface area (Å²) in [5.41, 5.74) is 3.40. The van der Waals surface area contributed by atoms with E-state index in [2.05, 4.69) is 17.5 Å². The first-order chi connectivity index (χ1) is 15.2. The Morgan fingerprint density at radius 3 is 1.58 bits per heavy atom. The zero-order valence-electron chi connectivity index (χ0n) is 17.9. The Hall–Kier alpha value is -1.56. The third-order valence-corrected chi connectivity index (χ3v) is 5.30. The lowest BCUT2D eigenvalue weighted by Gasteiger charge is -2.07. The topological polar surface area (TPSA) is 87.0 Å². The van der Waals surface area contributed by atoms with Crippen LogP contribution in [0.15, 0.2) is 49.1 Å². The minimum absolute atomic E-state index is 0. The summed E-state index contributed by atoms with van der Waals surface area (Å²) < 4.78 is 38.2. The van der Waals surface area contributed by atoms with Gasteiger partial charge in [-0.15, -0.1) is 8.75 Å². The molecule has 4 heterocycles. The van der Waals surface area contributed by atoms with Crippen molar-refractivity contribution in [2.75, 3.05) is 26.4 Å². The van der Waals surface area contributed by atoms with Crippen molar-refractivity contribution in [2.45, 2.75) is 0 Å². The maximum absolute atomic E-state index is 5.75. The highest BCUT2D eigenvalue weighted by Gasteiger charge is 2.15. The molecule has 0 aliphatic carbocycles. The second-order valence-electron chi connectivity index (χ2n) is 6.66. The number of aryl methyl sites for hydroxylation is 2. The van der Waals surface area contributed by atoms with E-state index in [1.807, 2.05) is 72.3 Å². The number of rotatable bonds is 10. The summed E-state index contributed by atoms with van der Waals surface area (Å²) in [6.07, 6.45) is 7.89. The van der Waals surface area contributed by atoms with Crippen LogP contribution in [-0.2, 0) is 18.8 Å². The maximum Gasteiger partial charge on any atom is 0.254 e. The van der Waals surface area contributed by atoms with Crippen LogP contribution in [0.1, 0.15) is 0 Å². The SMILES string of the molecule is C[n+]1cccc(-c2nsnc2OCCOCCOc2nsnc2-c2ccc[n+](C)c2)c1.[I-].[I-]. The molecule has 0 saturated carbocycles. The Morgan fingerprint density at radius 1 is 0.697 bits per heavy atom. The highest BCUT2D eigenvalue weighted by Crippen LogP contribution is 2.27. The predicted molar refractivity (Wildman–Crippen MR) is 115 cm³/mol. The summed E-state index contributed by atoms with van der Waals surface area (Å²) in [6, 6.07) is 7.88. The molecule has 0 bridgehead atoms. The van der Waals surface area contributed by atoms with Crippen LogP contribution in [0.2, 0.25) is 0 Å². The molecule has 4 aromatic heterocycles. The quantitative estimate of drug-likeness (QED) is 0.0939. The minimum Gasteiger partial charge on any atom is -1.00 e. The van der Waals surface area contributed by atoms with E-state index >= 15 is 0 Å². The smallest absolute Gasteiger partial charge is 0.254 e. The molecule has 33 heavy (non-hydrogen) atoms. The van der Waals surface area contributed by atoms with Gasteiger partial charge >= 0.3 is 0 Å². The first kappa shape index (κ1) is 27.7. The molecule has 0 N–H and O–H groups in total. The van der Waals surface area contributed by atoms with Gasteiger partial charge in [-0.25, -0.2) is 9.13 Å². The Bertz CT molecular complexity index is 1060. The van der Waals surface area contributed by atoms with Crippen LogP contribution in [-0.4, -0.2) is 43.9 Å².